The second-order valence-corrected chi connectivity index (χ2v) is 4.19. The van der Waals surface area contributed by atoms with E-state index in [0.29, 0.717) is 5.92 Å². The highest BCUT2D eigenvalue weighted by Crippen LogP contribution is 2.28. The van der Waals surface area contributed by atoms with Gasteiger partial charge in [-0.25, -0.2) is 4.39 Å². The Balaban J connectivity index is 2.05. The number of ether oxygens (including phenoxy) is 1. The number of phenolic OH excluding ortho intramolecular Hbond substituents is 1. The minimum atomic E-state index is -0.573. The molecule has 1 aliphatic heterocycles. The van der Waals surface area contributed by atoms with Gasteiger partial charge in [-0.3, -0.25) is 0 Å². The lowest BCUT2D eigenvalue weighted by atomic mass is 10.1. The van der Waals surface area contributed by atoms with Gasteiger partial charge < -0.3 is 14.7 Å². The number of hydrogen-bond acceptors (Lipinski definition) is 3. The molecule has 1 atom stereocenters. The van der Waals surface area contributed by atoms with Crippen molar-refractivity contribution in [2.24, 2.45) is 5.92 Å². The molecule has 0 spiro atoms. The highest BCUT2D eigenvalue weighted by atomic mass is 19.1. The summed E-state index contributed by atoms with van der Waals surface area (Å²) in [6, 6.07) is 4.48. The molecule has 1 fully saturated rings. The zero-order valence-corrected chi connectivity index (χ0v) is 9.32. The maximum atomic E-state index is 12.9. The van der Waals surface area contributed by atoms with E-state index in [-0.39, 0.29) is 5.75 Å². The smallest absolute Gasteiger partial charge is 0.164 e. The fraction of sp³-hybridized carbons (Fsp3) is 0.500. The highest BCUT2D eigenvalue weighted by Gasteiger charge is 2.22. The number of methoxy groups -OCH3 is 1. The lowest BCUT2D eigenvalue weighted by Gasteiger charge is -2.18. The van der Waals surface area contributed by atoms with Crippen LogP contribution >= 0.6 is 0 Å². The number of anilines is 1. The van der Waals surface area contributed by atoms with Gasteiger partial charge in [0.15, 0.2) is 11.6 Å². The average molecular weight is 225 g/mol. The van der Waals surface area contributed by atoms with E-state index < -0.39 is 5.82 Å². The third kappa shape index (κ3) is 2.27. The first-order valence-corrected chi connectivity index (χ1v) is 5.43. The SMILES string of the molecule is COCC1CCN(c2ccc(F)c(O)c2)C1. The minimum Gasteiger partial charge on any atom is -0.505 e. The molecule has 0 radical (unpaired) electrons. The normalized spacial score (nSPS) is 20.4. The first-order valence-electron chi connectivity index (χ1n) is 5.43. The Hall–Kier alpha value is -1.29. The first-order chi connectivity index (χ1) is 7.70. The Morgan fingerprint density at radius 2 is 2.38 bits per heavy atom. The van der Waals surface area contributed by atoms with Crippen molar-refractivity contribution < 1.29 is 14.2 Å². The summed E-state index contributed by atoms with van der Waals surface area (Å²) in [5.41, 5.74) is 0.873. The van der Waals surface area contributed by atoms with Crippen LogP contribution in [0.2, 0.25) is 0 Å². The molecule has 0 bridgehead atoms. The van der Waals surface area contributed by atoms with Gasteiger partial charge in [-0.05, 0) is 18.6 Å². The zero-order chi connectivity index (χ0) is 11.5. The van der Waals surface area contributed by atoms with E-state index in [1.165, 1.54) is 12.1 Å². The quantitative estimate of drug-likeness (QED) is 0.854. The minimum absolute atomic E-state index is 0.285. The van der Waals surface area contributed by atoms with Gasteiger partial charge in [-0.15, -0.1) is 0 Å². The van der Waals surface area contributed by atoms with Crippen molar-refractivity contribution >= 4 is 5.69 Å². The van der Waals surface area contributed by atoms with E-state index in [1.54, 1.807) is 13.2 Å². The van der Waals surface area contributed by atoms with E-state index in [1.807, 2.05) is 0 Å². The lowest BCUT2D eigenvalue weighted by molar-refractivity contribution is 0.161. The van der Waals surface area contributed by atoms with Gasteiger partial charge in [-0.1, -0.05) is 0 Å². The van der Waals surface area contributed by atoms with Crippen LogP contribution < -0.4 is 4.90 Å². The van der Waals surface area contributed by atoms with Crippen molar-refractivity contribution in [1.29, 1.82) is 0 Å². The van der Waals surface area contributed by atoms with Gasteiger partial charge in [0.05, 0.1) is 6.61 Å². The molecule has 2 rings (SSSR count). The molecule has 0 amide bonds. The molecule has 1 unspecified atom stereocenters. The molecule has 0 aliphatic carbocycles. The van der Waals surface area contributed by atoms with Gasteiger partial charge in [0, 0.05) is 37.9 Å². The molecule has 1 aromatic carbocycles. The fourth-order valence-electron chi connectivity index (χ4n) is 2.14. The topological polar surface area (TPSA) is 32.7 Å². The number of aromatic hydroxyl groups is 1. The van der Waals surface area contributed by atoms with E-state index in [4.69, 9.17) is 4.74 Å². The highest BCUT2D eigenvalue weighted by molar-refractivity contribution is 5.51. The van der Waals surface area contributed by atoms with Gasteiger partial charge in [0.2, 0.25) is 0 Å². The van der Waals surface area contributed by atoms with Gasteiger partial charge in [0.1, 0.15) is 0 Å². The lowest BCUT2D eigenvalue weighted by Crippen LogP contribution is -2.20. The number of benzene rings is 1. The average Bonchev–Trinajstić information content (AvgIpc) is 2.71. The van der Waals surface area contributed by atoms with Crippen LogP contribution in [0, 0.1) is 11.7 Å². The van der Waals surface area contributed by atoms with Crippen LogP contribution in [0.25, 0.3) is 0 Å². The third-order valence-electron chi connectivity index (χ3n) is 2.98. The molecule has 88 valence electrons. The molecule has 0 saturated carbocycles. The van der Waals surface area contributed by atoms with Crippen LogP contribution in [0.5, 0.6) is 5.75 Å². The predicted octanol–water partition coefficient (Wildman–Crippen LogP) is 2.00. The summed E-state index contributed by atoms with van der Waals surface area (Å²) in [4.78, 5) is 2.14. The van der Waals surface area contributed by atoms with E-state index >= 15 is 0 Å². The molecular formula is C12H16FNO2. The summed E-state index contributed by atoms with van der Waals surface area (Å²) < 4.78 is 18.0. The van der Waals surface area contributed by atoms with Crippen molar-refractivity contribution in [1.82, 2.24) is 0 Å². The molecule has 4 heteroatoms. The number of rotatable bonds is 3. The summed E-state index contributed by atoms with van der Waals surface area (Å²) in [5.74, 6) is -0.332. The predicted molar refractivity (Wildman–Crippen MR) is 60.3 cm³/mol. The Kier molecular flexibility index (Phi) is 3.29. The van der Waals surface area contributed by atoms with Gasteiger partial charge in [-0.2, -0.15) is 0 Å². The Morgan fingerprint density at radius 1 is 1.56 bits per heavy atom. The molecule has 1 heterocycles. The summed E-state index contributed by atoms with van der Waals surface area (Å²) in [6.07, 6.45) is 1.08. The second kappa shape index (κ2) is 4.70. The number of hydrogen-bond donors (Lipinski definition) is 1. The van der Waals surface area contributed by atoms with Crippen LogP contribution in [0.3, 0.4) is 0 Å². The van der Waals surface area contributed by atoms with Crippen molar-refractivity contribution in [2.45, 2.75) is 6.42 Å². The second-order valence-electron chi connectivity index (χ2n) is 4.19. The molecule has 0 aromatic heterocycles. The number of phenols is 1. The number of nitrogens with zero attached hydrogens (tertiary/aromatic N) is 1. The Bertz CT molecular complexity index is 370. The van der Waals surface area contributed by atoms with Crippen LogP contribution in [0.1, 0.15) is 6.42 Å². The van der Waals surface area contributed by atoms with Crippen LogP contribution in [0.15, 0.2) is 18.2 Å². The van der Waals surface area contributed by atoms with E-state index in [9.17, 15) is 9.50 Å². The first kappa shape index (κ1) is 11.2. The summed E-state index contributed by atoms with van der Waals surface area (Å²) in [6.45, 7) is 2.59. The van der Waals surface area contributed by atoms with Crippen molar-refractivity contribution in [3.63, 3.8) is 0 Å². The Morgan fingerprint density at radius 3 is 3.06 bits per heavy atom. The maximum absolute atomic E-state index is 12.9. The van der Waals surface area contributed by atoms with Crippen molar-refractivity contribution in [2.75, 3.05) is 31.7 Å². The molecule has 1 aliphatic rings. The monoisotopic (exact) mass is 225 g/mol. The number of halogens is 1. The van der Waals surface area contributed by atoms with Gasteiger partial charge >= 0.3 is 0 Å². The molecule has 1 aromatic rings. The molecular weight excluding hydrogens is 209 g/mol. The van der Waals surface area contributed by atoms with E-state index in [2.05, 4.69) is 4.90 Å². The molecule has 1 saturated heterocycles. The van der Waals surface area contributed by atoms with Crippen LogP contribution in [-0.2, 0) is 4.74 Å². The molecule has 1 N–H and O–H groups in total. The largest absolute Gasteiger partial charge is 0.505 e. The maximum Gasteiger partial charge on any atom is 0.164 e. The Labute approximate surface area is 94.4 Å². The van der Waals surface area contributed by atoms with Crippen molar-refractivity contribution in [3.8, 4) is 5.75 Å². The standard InChI is InChI=1S/C12H16FNO2/c1-16-8-9-4-5-14(7-9)10-2-3-11(13)12(15)6-10/h2-3,6,9,15H,4-5,7-8H2,1H3. The van der Waals surface area contributed by atoms with Gasteiger partial charge in [0.25, 0.3) is 0 Å². The third-order valence-corrected chi connectivity index (χ3v) is 2.98. The molecule has 16 heavy (non-hydrogen) atoms. The summed E-state index contributed by atoms with van der Waals surface area (Å²) in [7, 11) is 1.70. The summed E-state index contributed by atoms with van der Waals surface area (Å²) >= 11 is 0. The van der Waals surface area contributed by atoms with Crippen LogP contribution in [-0.4, -0.2) is 31.9 Å². The molecule has 3 nitrogen and oxygen atoms in total. The zero-order valence-electron chi connectivity index (χ0n) is 9.32. The van der Waals surface area contributed by atoms with Crippen molar-refractivity contribution in [3.05, 3.63) is 24.0 Å². The van der Waals surface area contributed by atoms with E-state index in [0.717, 1.165) is 31.8 Å². The summed E-state index contributed by atoms with van der Waals surface area (Å²) in [5, 5.41) is 9.30. The van der Waals surface area contributed by atoms with Crippen LogP contribution in [0.4, 0.5) is 10.1 Å². The fourth-order valence-corrected chi connectivity index (χ4v) is 2.14.